The predicted octanol–water partition coefficient (Wildman–Crippen LogP) is 0.917. The maximum Gasteiger partial charge on any atom is -0.000676 e. The molecule has 0 amide bonds. The predicted molar refractivity (Wildman–Crippen MR) is 63.8 cm³/mol. The van der Waals surface area contributed by atoms with Gasteiger partial charge in [0, 0.05) is 0 Å². The Morgan fingerprint density at radius 1 is 0.857 bits per heavy atom. The summed E-state index contributed by atoms with van der Waals surface area (Å²) < 4.78 is 0. The number of hydrogen-bond donors (Lipinski definition) is 2. The Kier molecular flexibility index (Phi) is 10.9. The highest BCUT2D eigenvalue weighted by Crippen LogP contribution is 1.95. The highest BCUT2D eigenvalue weighted by molar-refractivity contribution is 4.57. The summed E-state index contributed by atoms with van der Waals surface area (Å²) in [5.41, 5.74) is 0. The topological polar surface area (TPSA) is 27.3 Å². The van der Waals surface area contributed by atoms with E-state index in [9.17, 15) is 0 Å². The van der Waals surface area contributed by atoms with E-state index < -0.39 is 0 Å². The Morgan fingerprint density at radius 2 is 1.43 bits per heavy atom. The number of nitrogens with zero attached hydrogens (tertiary/aromatic N) is 1. The SMILES string of the molecule is CCN(CCCCNC)CCCNC. The van der Waals surface area contributed by atoms with Crippen LogP contribution in [0.4, 0.5) is 0 Å². The lowest BCUT2D eigenvalue weighted by Crippen LogP contribution is -2.28. The van der Waals surface area contributed by atoms with Crippen molar-refractivity contribution < 1.29 is 0 Å². The number of hydrogen-bond acceptors (Lipinski definition) is 3. The van der Waals surface area contributed by atoms with Crippen LogP contribution in [-0.4, -0.2) is 51.7 Å². The zero-order valence-corrected chi connectivity index (χ0v) is 10.1. The molecule has 0 aliphatic carbocycles. The van der Waals surface area contributed by atoms with E-state index in [0.717, 1.165) is 13.1 Å². The Hall–Kier alpha value is -0.120. The Morgan fingerprint density at radius 3 is 2.00 bits per heavy atom. The smallest absolute Gasteiger partial charge is 0.000676 e. The van der Waals surface area contributed by atoms with Gasteiger partial charge in [-0.05, 0) is 66.1 Å². The molecule has 0 aliphatic rings. The van der Waals surface area contributed by atoms with Gasteiger partial charge >= 0.3 is 0 Å². The van der Waals surface area contributed by atoms with Crippen LogP contribution in [0, 0.1) is 0 Å². The molecular weight excluding hydrogens is 174 g/mol. The normalized spacial score (nSPS) is 11.1. The number of unbranched alkanes of at least 4 members (excludes halogenated alkanes) is 1. The molecule has 2 N–H and O–H groups in total. The van der Waals surface area contributed by atoms with E-state index in [1.54, 1.807) is 0 Å². The van der Waals surface area contributed by atoms with E-state index in [1.165, 1.54) is 38.9 Å². The van der Waals surface area contributed by atoms with Crippen molar-refractivity contribution in [2.75, 3.05) is 46.8 Å². The van der Waals surface area contributed by atoms with Gasteiger partial charge in [-0.3, -0.25) is 0 Å². The molecule has 14 heavy (non-hydrogen) atoms. The van der Waals surface area contributed by atoms with E-state index in [2.05, 4.69) is 22.5 Å². The van der Waals surface area contributed by atoms with E-state index in [-0.39, 0.29) is 0 Å². The Labute approximate surface area is 89.2 Å². The Bertz CT molecular complexity index is 107. The van der Waals surface area contributed by atoms with Crippen molar-refractivity contribution >= 4 is 0 Å². The van der Waals surface area contributed by atoms with Crippen LogP contribution in [-0.2, 0) is 0 Å². The molecule has 0 heterocycles. The second-order valence-electron chi connectivity index (χ2n) is 3.70. The second-order valence-corrected chi connectivity index (χ2v) is 3.70. The van der Waals surface area contributed by atoms with Crippen molar-refractivity contribution in [1.82, 2.24) is 15.5 Å². The highest BCUT2D eigenvalue weighted by Gasteiger charge is 2.00. The van der Waals surface area contributed by atoms with Gasteiger partial charge in [-0.25, -0.2) is 0 Å². The van der Waals surface area contributed by atoms with Crippen LogP contribution in [0.5, 0.6) is 0 Å². The lowest BCUT2D eigenvalue weighted by atomic mass is 10.2. The summed E-state index contributed by atoms with van der Waals surface area (Å²) in [5, 5.41) is 6.37. The minimum absolute atomic E-state index is 1.13. The quantitative estimate of drug-likeness (QED) is 0.515. The zero-order chi connectivity index (χ0) is 10.6. The molecule has 0 radical (unpaired) electrons. The molecule has 0 aromatic rings. The lowest BCUT2D eigenvalue weighted by molar-refractivity contribution is 0.278. The third-order valence-electron chi connectivity index (χ3n) is 2.50. The second kappa shape index (κ2) is 11.0. The minimum atomic E-state index is 1.13. The van der Waals surface area contributed by atoms with Crippen LogP contribution in [0.3, 0.4) is 0 Å². The van der Waals surface area contributed by atoms with E-state index in [0.29, 0.717) is 0 Å². The summed E-state index contributed by atoms with van der Waals surface area (Å²) >= 11 is 0. The van der Waals surface area contributed by atoms with Crippen LogP contribution in [0.1, 0.15) is 26.2 Å². The summed E-state index contributed by atoms with van der Waals surface area (Å²) in [7, 11) is 4.04. The minimum Gasteiger partial charge on any atom is -0.320 e. The van der Waals surface area contributed by atoms with Gasteiger partial charge in [0.25, 0.3) is 0 Å². The number of rotatable bonds is 10. The van der Waals surface area contributed by atoms with Gasteiger partial charge < -0.3 is 15.5 Å². The fourth-order valence-corrected chi connectivity index (χ4v) is 1.54. The molecular formula is C11H27N3. The van der Waals surface area contributed by atoms with Gasteiger partial charge in [-0.2, -0.15) is 0 Å². The molecule has 0 spiro atoms. The molecule has 0 aromatic carbocycles. The van der Waals surface area contributed by atoms with Gasteiger partial charge in [0.1, 0.15) is 0 Å². The molecule has 86 valence electrons. The summed E-state index contributed by atoms with van der Waals surface area (Å²) in [6, 6.07) is 0. The molecule has 0 saturated carbocycles. The van der Waals surface area contributed by atoms with Crippen molar-refractivity contribution in [2.45, 2.75) is 26.2 Å². The molecule has 0 saturated heterocycles. The van der Waals surface area contributed by atoms with Gasteiger partial charge in [-0.1, -0.05) is 6.92 Å². The van der Waals surface area contributed by atoms with Crippen LogP contribution in [0.25, 0.3) is 0 Å². The molecule has 0 atom stereocenters. The lowest BCUT2D eigenvalue weighted by Gasteiger charge is -2.20. The molecule has 0 unspecified atom stereocenters. The third kappa shape index (κ3) is 8.48. The first-order valence-corrected chi connectivity index (χ1v) is 5.86. The van der Waals surface area contributed by atoms with Crippen LogP contribution in [0.2, 0.25) is 0 Å². The standard InChI is InChI=1S/C11H27N3/c1-4-14(11-7-9-13-3)10-6-5-8-12-2/h12-13H,4-11H2,1-3H3. The molecule has 0 bridgehead atoms. The monoisotopic (exact) mass is 201 g/mol. The molecule has 0 rings (SSSR count). The zero-order valence-electron chi connectivity index (χ0n) is 10.1. The van der Waals surface area contributed by atoms with Crippen LogP contribution < -0.4 is 10.6 Å². The molecule has 0 aliphatic heterocycles. The van der Waals surface area contributed by atoms with Gasteiger partial charge in [0.15, 0.2) is 0 Å². The fraction of sp³-hybridized carbons (Fsp3) is 1.00. The molecule has 0 aromatic heterocycles. The fourth-order valence-electron chi connectivity index (χ4n) is 1.54. The van der Waals surface area contributed by atoms with Crippen molar-refractivity contribution in [3.8, 4) is 0 Å². The maximum atomic E-state index is 3.19. The van der Waals surface area contributed by atoms with Crippen molar-refractivity contribution in [3.05, 3.63) is 0 Å². The third-order valence-corrected chi connectivity index (χ3v) is 2.50. The summed E-state index contributed by atoms with van der Waals surface area (Å²) in [6.45, 7) is 8.20. The maximum absolute atomic E-state index is 3.19. The largest absolute Gasteiger partial charge is 0.320 e. The van der Waals surface area contributed by atoms with Gasteiger partial charge in [0.2, 0.25) is 0 Å². The average Bonchev–Trinajstić information content (AvgIpc) is 2.22. The van der Waals surface area contributed by atoms with Crippen molar-refractivity contribution in [2.24, 2.45) is 0 Å². The van der Waals surface area contributed by atoms with Crippen LogP contribution in [0.15, 0.2) is 0 Å². The van der Waals surface area contributed by atoms with Gasteiger partial charge in [0.05, 0.1) is 0 Å². The summed E-state index contributed by atoms with van der Waals surface area (Å²) in [5.74, 6) is 0. The van der Waals surface area contributed by atoms with Crippen molar-refractivity contribution in [1.29, 1.82) is 0 Å². The van der Waals surface area contributed by atoms with Gasteiger partial charge in [-0.15, -0.1) is 0 Å². The average molecular weight is 201 g/mol. The van der Waals surface area contributed by atoms with E-state index in [1.807, 2.05) is 14.1 Å². The first-order valence-electron chi connectivity index (χ1n) is 5.86. The van der Waals surface area contributed by atoms with E-state index in [4.69, 9.17) is 0 Å². The van der Waals surface area contributed by atoms with Crippen molar-refractivity contribution in [3.63, 3.8) is 0 Å². The Balaban J connectivity index is 3.28. The highest BCUT2D eigenvalue weighted by atomic mass is 15.1. The number of nitrogens with one attached hydrogen (secondary N) is 2. The molecule has 3 nitrogen and oxygen atoms in total. The summed E-state index contributed by atoms with van der Waals surface area (Å²) in [4.78, 5) is 2.53. The molecule has 0 fully saturated rings. The van der Waals surface area contributed by atoms with E-state index >= 15 is 0 Å². The first kappa shape index (κ1) is 13.9. The molecule has 3 heteroatoms. The van der Waals surface area contributed by atoms with Crippen LogP contribution >= 0.6 is 0 Å². The first-order chi connectivity index (χ1) is 6.85. The summed E-state index contributed by atoms with van der Waals surface area (Å²) in [6.07, 6.45) is 3.86.